The lowest BCUT2D eigenvalue weighted by atomic mass is 10.00. The zero-order chi connectivity index (χ0) is 16.9. The average Bonchev–Trinajstić information content (AvgIpc) is 2.61. The largest absolute Gasteiger partial charge is 0.478 e. The number of carboxylic acid groups (broad SMARTS) is 1. The van der Waals surface area contributed by atoms with Crippen molar-refractivity contribution in [1.29, 1.82) is 0 Å². The zero-order valence-electron chi connectivity index (χ0n) is 13.6. The highest BCUT2D eigenvalue weighted by Gasteiger charge is 2.21. The van der Waals surface area contributed by atoms with Gasteiger partial charge in [-0.3, -0.25) is 0 Å². The van der Waals surface area contributed by atoms with E-state index < -0.39 is 12.1 Å². The Morgan fingerprint density at radius 3 is 2.33 bits per heavy atom. The molecule has 0 saturated carbocycles. The molecule has 3 aromatic carbocycles. The van der Waals surface area contributed by atoms with Crippen molar-refractivity contribution in [2.24, 2.45) is 0 Å². The number of aliphatic carboxylic acids is 1. The second-order valence-corrected chi connectivity index (χ2v) is 5.78. The van der Waals surface area contributed by atoms with Gasteiger partial charge in [-0.25, -0.2) is 4.79 Å². The van der Waals surface area contributed by atoms with Crippen LogP contribution in [0.5, 0.6) is 5.75 Å². The van der Waals surface area contributed by atoms with E-state index in [4.69, 9.17) is 4.74 Å². The number of benzene rings is 3. The molecular weight excluding hydrogens is 300 g/mol. The molecule has 0 amide bonds. The summed E-state index contributed by atoms with van der Waals surface area (Å²) in [5.41, 5.74) is 2.18. The predicted octanol–water partition coefficient (Wildman–Crippen LogP) is 4.48. The molecule has 0 aromatic heterocycles. The Hall–Kier alpha value is -2.81. The molecule has 0 aliphatic rings. The fourth-order valence-electron chi connectivity index (χ4n) is 2.89. The van der Waals surface area contributed by atoms with Gasteiger partial charge in [0.05, 0.1) is 0 Å². The van der Waals surface area contributed by atoms with Gasteiger partial charge in [-0.1, -0.05) is 61.5 Å². The fraction of sp³-hybridized carbons (Fsp3) is 0.190. The molecule has 3 aromatic rings. The predicted molar refractivity (Wildman–Crippen MR) is 95.5 cm³/mol. The molecule has 3 nitrogen and oxygen atoms in total. The smallest absolute Gasteiger partial charge is 0.345 e. The number of hydrogen-bond donors (Lipinski definition) is 1. The molecule has 0 aliphatic carbocycles. The van der Waals surface area contributed by atoms with Gasteiger partial charge in [0.1, 0.15) is 5.75 Å². The summed E-state index contributed by atoms with van der Waals surface area (Å²) in [6.45, 7) is 2.07. The zero-order valence-corrected chi connectivity index (χ0v) is 13.6. The van der Waals surface area contributed by atoms with E-state index in [0.29, 0.717) is 12.2 Å². The van der Waals surface area contributed by atoms with Crippen LogP contribution in [0.2, 0.25) is 0 Å². The number of rotatable bonds is 6. The third-order valence-electron chi connectivity index (χ3n) is 4.18. The lowest BCUT2D eigenvalue weighted by molar-refractivity contribution is -0.145. The third kappa shape index (κ3) is 3.57. The fourth-order valence-corrected chi connectivity index (χ4v) is 2.89. The maximum absolute atomic E-state index is 11.6. The summed E-state index contributed by atoms with van der Waals surface area (Å²) in [5, 5.41) is 11.7. The number of carbonyl (C=O) groups is 1. The van der Waals surface area contributed by atoms with Crippen molar-refractivity contribution >= 4 is 16.7 Å². The van der Waals surface area contributed by atoms with Gasteiger partial charge < -0.3 is 9.84 Å². The summed E-state index contributed by atoms with van der Waals surface area (Å²) >= 11 is 0. The van der Waals surface area contributed by atoms with Crippen LogP contribution in [-0.2, 0) is 17.6 Å². The van der Waals surface area contributed by atoms with Crippen LogP contribution >= 0.6 is 0 Å². The molecule has 0 fully saturated rings. The lowest BCUT2D eigenvalue weighted by Gasteiger charge is -2.17. The summed E-state index contributed by atoms with van der Waals surface area (Å²) in [5.74, 6) is -0.371. The maximum Gasteiger partial charge on any atom is 0.345 e. The minimum atomic E-state index is -0.950. The average molecular weight is 320 g/mol. The second-order valence-electron chi connectivity index (χ2n) is 5.78. The molecule has 0 aliphatic heterocycles. The minimum absolute atomic E-state index is 0.353. The highest BCUT2D eigenvalue weighted by molar-refractivity contribution is 5.84. The number of ether oxygens (including phenoxy) is 1. The molecule has 0 saturated heterocycles. The summed E-state index contributed by atoms with van der Waals surface area (Å²) in [4.78, 5) is 11.6. The molecule has 0 spiro atoms. The van der Waals surface area contributed by atoms with Crippen molar-refractivity contribution < 1.29 is 14.6 Å². The number of fused-ring (bicyclic) bond motifs is 1. The first kappa shape index (κ1) is 16.1. The molecule has 3 rings (SSSR count). The van der Waals surface area contributed by atoms with E-state index in [-0.39, 0.29) is 0 Å². The molecule has 122 valence electrons. The quantitative estimate of drug-likeness (QED) is 0.728. The van der Waals surface area contributed by atoms with Crippen LogP contribution in [-0.4, -0.2) is 17.2 Å². The van der Waals surface area contributed by atoms with Crippen LogP contribution in [0.15, 0.2) is 66.7 Å². The van der Waals surface area contributed by atoms with Gasteiger partial charge in [0, 0.05) is 6.42 Å². The number of carboxylic acids is 1. The van der Waals surface area contributed by atoms with E-state index in [1.807, 2.05) is 66.7 Å². The van der Waals surface area contributed by atoms with Crippen molar-refractivity contribution in [2.45, 2.75) is 25.9 Å². The molecule has 0 radical (unpaired) electrons. The van der Waals surface area contributed by atoms with E-state index in [2.05, 4.69) is 6.92 Å². The van der Waals surface area contributed by atoms with Gasteiger partial charge in [0.2, 0.25) is 0 Å². The van der Waals surface area contributed by atoms with Crippen molar-refractivity contribution in [1.82, 2.24) is 0 Å². The van der Waals surface area contributed by atoms with Gasteiger partial charge in [-0.15, -0.1) is 0 Å². The first-order valence-electron chi connectivity index (χ1n) is 8.12. The highest BCUT2D eigenvalue weighted by Crippen LogP contribution is 2.23. The van der Waals surface area contributed by atoms with Crippen LogP contribution in [0.25, 0.3) is 10.8 Å². The standard InChI is InChI=1S/C21H20O3/c1-2-15-7-3-5-10-18(15)14-20(21(22)23)24-19-12-11-16-8-4-6-9-17(16)13-19/h3-13,20H,2,14H2,1H3,(H,22,23)/t20-/m1/s1. The first-order chi connectivity index (χ1) is 11.7. The van der Waals surface area contributed by atoms with Gasteiger partial charge in [-0.05, 0) is 40.5 Å². The first-order valence-corrected chi connectivity index (χ1v) is 8.12. The van der Waals surface area contributed by atoms with E-state index in [1.54, 1.807) is 0 Å². The molecule has 0 bridgehead atoms. The minimum Gasteiger partial charge on any atom is -0.478 e. The Kier molecular flexibility index (Phi) is 4.80. The molecule has 1 N–H and O–H groups in total. The lowest BCUT2D eigenvalue weighted by Crippen LogP contribution is -2.29. The number of aryl methyl sites for hydroxylation is 1. The van der Waals surface area contributed by atoms with Gasteiger partial charge >= 0.3 is 5.97 Å². The number of hydrogen-bond acceptors (Lipinski definition) is 2. The molecule has 0 heterocycles. The Balaban J connectivity index is 1.84. The van der Waals surface area contributed by atoms with Crippen molar-refractivity contribution in [3.05, 3.63) is 77.9 Å². The van der Waals surface area contributed by atoms with E-state index in [9.17, 15) is 9.90 Å². The normalized spacial score (nSPS) is 12.0. The Morgan fingerprint density at radius 2 is 1.62 bits per heavy atom. The maximum atomic E-state index is 11.6. The summed E-state index contributed by atoms with van der Waals surface area (Å²) in [7, 11) is 0. The second kappa shape index (κ2) is 7.18. The van der Waals surface area contributed by atoms with Crippen molar-refractivity contribution in [2.75, 3.05) is 0 Å². The van der Waals surface area contributed by atoms with E-state index in [0.717, 1.165) is 28.3 Å². The highest BCUT2D eigenvalue weighted by atomic mass is 16.5. The molecule has 1 atom stereocenters. The van der Waals surface area contributed by atoms with Gasteiger partial charge in [0.15, 0.2) is 6.10 Å². The molecule has 3 heteroatoms. The van der Waals surface area contributed by atoms with Crippen LogP contribution in [0.4, 0.5) is 0 Å². The van der Waals surface area contributed by atoms with Crippen LogP contribution in [0.1, 0.15) is 18.1 Å². The molecule has 0 unspecified atom stereocenters. The van der Waals surface area contributed by atoms with Crippen LogP contribution in [0, 0.1) is 0 Å². The van der Waals surface area contributed by atoms with E-state index in [1.165, 1.54) is 0 Å². The van der Waals surface area contributed by atoms with Gasteiger partial charge in [-0.2, -0.15) is 0 Å². The Bertz CT molecular complexity index is 854. The Labute approximate surface area is 141 Å². The topological polar surface area (TPSA) is 46.5 Å². The van der Waals surface area contributed by atoms with Crippen molar-refractivity contribution in [3.63, 3.8) is 0 Å². The molecular formula is C21H20O3. The summed E-state index contributed by atoms with van der Waals surface area (Å²) in [6, 6.07) is 21.5. The molecule has 24 heavy (non-hydrogen) atoms. The monoisotopic (exact) mass is 320 g/mol. The Morgan fingerprint density at radius 1 is 0.958 bits per heavy atom. The third-order valence-corrected chi connectivity index (χ3v) is 4.18. The van der Waals surface area contributed by atoms with Crippen LogP contribution < -0.4 is 4.74 Å². The van der Waals surface area contributed by atoms with Crippen molar-refractivity contribution in [3.8, 4) is 5.75 Å². The van der Waals surface area contributed by atoms with Gasteiger partial charge in [0.25, 0.3) is 0 Å². The SMILES string of the molecule is CCc1ccccc1C[C@@H](Oc1ccc2ccccc2c1)C(=O)O. The van der Waals surface area contributed by atoms with Crippen LogP contribution in [0.3, 0.4) is 0 Å². The summed E-state index contributed by atoms with van der Waals surface area (Å²) in [6.07, 6.45) is 0.323. The van der Waals surface area contributed by atoms with E-state index >= 15 is 0 Å². The summed E-state index contributed by atoms with van der Waals surface area (Å²) < 4.78 is 5.79.